The molecule has 4 nitrogen and oxygen atoms in total. The summed E-state index contributed by atoms with van der Waals surface area (Å²) < 4.78 is 7.63. The Morgan fingerprint density at radius 3 is 2.68 bits per heavy atom. The molecule has 1 aromatic carbocycles. The van der Waals surface area contributed by atoms with E-state index in [0.29, 0.717) is 18.3 Å². The summed E-state index contributed by atoms with van der Waals surface area (Å²) in [6.07, 6.45) is 3.01. The summed E-state index contributed by atoms with van der Waals surface area (Å²) in [7, 11) is 0. The van der Waals surface area contributed by atoms with Gasteiger partial charge in [-0.05, 0) is 56.9 Å². The lowest BCUT2D eigenvalue weighted by atomic mass is 10.2. The van der Waals surface area contributed by atoms with Gasteiger partial charge in [0.2, 0.25) is 0 Å². The second-order valence-electron chi connectivity index (χ2n) is 5.88. The monoisotopic (exact) mass is 298 g/mol. The molecule has 1 aliphatic carbocycles. The van der Waals surface area contributed by atoms with E-state index in [1.54, 1.807) is 12.1 Å². The van der Waals surface area contributed by atoms with Gasteiger partial charge in [0.1, 0.15) is 5.75 Å². The van der Waals surface area contributed by atoms with Crippen LogP contribution in [-0.4, -0.2) is 17.2 Å². The molecular weight excluding hydrogens is 276 g/mol. The molecule has 0 saturated heterocycles. The van der Waals surface area contributed by atoms with Crippen LogP contribution in [0.25, 0.3) is 0 Å². The standard InChI is InChI=1S/C18H22N2O2/c1-13-12-15(14(2)20(13)16-8-9-16)10-11-19-18(21)22-17-6-4-3-5-7-17/h3-7,12,16H,8-11H2,1-2H3,(H,19,21). The van der Waals surface area contributed by atoms with Crippen molar-refractivity contribution in [2.24, 2.45) is 0 Å². The maximum Gasteiger partial charge on any atom is 0.412 e. The highest BCUT2D eigenvalue weighted by Crippen LogP contribution is 2.38. The van der Waals surface area contributed by atoms with Crippen LogP contribution in [0.3, 0.4) is 0 Å². The molecule has 1 N–H and O–H groups in total. The summed E-state index contributed by atoms with van der Waals surface area (Å²) in [4.78, 5) is 11.7. The number of amides is 1. The molecule has 4 heteroatoms. The number of nitrogens with one attached hydrogen (secondary N) is 1. The van der Waals surface area contributed by atoms with Crippen molar-refractivity contribution >= 4 is 6.09 Å². The summed E-state index contributed by atoms with van der Waals surface area (Å²) in [5.41, 5.74) is 3.96. The van der Waals surface area contributed by atoms with Gasteiger partial charge in [-0.2, -0.15) is 0 Å². The van der Waals surface area contributed by atoms with Gasteiger partial charge in [0.15, 0.2) is 0 Å². The Morgan fingerprint density at radius 1 is 1.27 bits per heavy atom. The van der Waals surface area contributed by atoms with E-state index in [1.807, 2.05) is 18.2 Å². The Kier molecular flexibility index (Phi) is 4.18. The first-order chi connectivity index (χ1) is 10.6. The lowest BCUT2D eigenvalue weighted by molar-refractivity contribution is 0.200. The van der Waals surface area contributed by atoms with Crippen molar-refractivity contribution in [3.8, 4) is 5.75 Å². The zero-order valence-corrected chi connectivity index (χ0v) is 13.1. The van der Waals surface area contributed by atoms with E-state index in [2.05, 4.69) is 29.8 Å². The molecule has 1 aliphatic rings. The number of aryl methyl sites for hydroxylation is 1. The first-order valence-electron chi connectivity index (χ1n) is 7.83. The molecule has 22 heavy (non-hydrogen) atoms. The number of benzene rings is 1. The van der Waals surface area contributed by atoms with Crippen LogP contribution in [0.1, 0.15) is 35.8 Å². The lowest BCUT2D eigenvalue weighted by Gasteiger charge is -2.08. The third-order valence-corrected chi connectivity index (χ3v) is 4.12. The molecular formula is C18H22N2O2. The minimum Gasteiger partial charge on any atom is -0.410 e. The topological polar surface area (TPSA) is 43.3 Å². The highest BCUT2D eigenvalue weighted by atomic mass is 16.5. The van der Waals surface area contributed by atoms with Crippen molar-refractivity contribution in [1.29, 1.82) is 0 Å². The predicted molar refractivity (Wildman–Crippen MR) is 86.3 cm³/mol. The third kappa shape index (κ3) is 3.32. The van der Waals surface area contributed by atoms with Crippen molar-refractivity contribution in [3.05, 3.63) is 53.3 Å². The van der Waals surface area contributed by atoms with Crippen molar-refractivity contribution in [3.63, 3.8) is 0 Å². The van der Waals surface area contributed by atoms with Crippen LogP contribution in [0.2, 0.25) is 0 Å². The largest absolute Gasteiger partial charge is 0.412 e. The molecule has 0 radical (unpaired) electrons. The third-order valence-electron chi connectivity index (χ3n) is 4.12. The maximum atomic E-state index is 11.7. The minimum atomic E-state index is -0.401. The van der Waals surface area contributed by atoms with Gasteiger partial charge < -0.3 is 14.6 Å². The van der Waals surface area contributed by atoms with Gasteiger partial charge in [-0.1, -0.05) is 18.2 Å². The Morgan fingerprint density at radius 2 is 2.00 bits per heavy atom. The van der Waals surface area contributed by atoms with Crippen LogP contribution in [0.15, 0.2) is 36.4 Å². The summed E-state index contributed by atoms with van der Waals surface area (Å²) in [5, 5.41) is 2.81. The summed E-state index contributed by atoms with van der Waals surface area (Å²) in [6.45, 7) is 4.91. The normalized spacial score (nSPS) is 13.9. The molecule has 1 heterocycles. The molecule has 0 atom stereocenters. The fraction of sp³-hybridized carbons (Fsp3) is 0.389. The van der Waals surface area contributed by atoms with Crippen LogP contribution in [0, 0.1) is 13.8 Å². The fourth-order valence-electron chi connectivity index (χ4n) is 2.92. The second-order valence-corrected chi connectivity index (χ2v) is 5.88. The van der Waals surface area contributed by atoms with E-state index in [1.165, 1.54) is 29.8 Å². The zero-order chi connectivity index (χ0) is 15.5. The number of carbonyl (C=O) groups is 1. The summed E-state index contributed by atoms with van der Waals surface area (Å²) in [6, 6.07) is 12.0. The Hall–Kier alpha value is -2.23. The molecule has 0 unspecified atom stereocenters. The zero-order valence-electron chi connectivity index (χ0n) is 13.1. The van der Waals surface area contributed by atoms with E-state index in [4.69, 9.17) is 4.74 Å². The van der Waals surface area contributed by atoms with E-state index in [-0.39, 0.29) is 0 Å². The van der Waals surface area contributed by atoms with E-state index < -0.39 is 6.09 Å². The Labute approximate surface area is 131 Å². The molecule has 1 fully saturated rings. The first kappa shape index (κ1) is 14.7. The van der Waals surface area contributed by atoms with Crippen LogP contribution in [-0.2, 0) is 6.42 Å². The molecule has 0 bridgehead atoms. The molecule has 3 rings (SSSR count). The van der Waals surface area contributed by atoms with Gasteiger partial charge in [0.05, 0.1) is 0 Å². The van der Waals surface area contributed by atoms with Gasteiger partial charge in [0.25, 0.3) is 0 Å². The second kappa shape index (κ2) is 6.26. The van der Waals surface area contributed by atoms with E-state index in [0.717, 1.165) is 6.42 Å². The fourth-order valence-corrected chi connectivity index (χ4v) is 2.92. The highest BCUT2D eigenvalue weighted by molar-refractivity contribution is 5.70. The van der Waals surface area contributed by atoms with Gasteiger partial charge in [-0.15, -0.1) is 0 Å². The van der Waals surface area contributed by atoms with Crippen LogP contribution in [0.4, 0.5) is 4.79 Å². The van der Waals surface area contributed by atoms with Gasteiger partial charge in [0, 0.05) is 24.0 Å². The quantitative estimate of drug-likeness (QED) is 0.913. The van der Waals surface area contributed by atoms with Crippen LogP contribution < -0.4 is 10.1 Å². The number of hydrogen-bond donors (Lipinski definition) is 1. The number of aromatic nitrogens is 1. The van der Waals surface area contributed by atoms with Crippen molar-refractivity contribution < 1.29 is 9.53 Å². The van der Waals surface area contributed by atoms with Crippen molar-refractivity contribution in [2.75, 3.05) is 6.54 Å². The van der Waals surface area contributed by atoms with Gasteiger partial charge in [-0.25, -0.2) is 4.79 Å². The molecule has 1 amide bonds. The molecule has 1 aromatic heterocycles. The lowest BCUT2D eigenvalue weighted by Crippen LogP contribution is -2.28. The van der Waals surface area contributed by atoms with Crippen molar-refractivity contribution in [1.82, 2.24) is 9.88 Å². The average molecular weight is 298 g/mol. The number of ether oxygens (including phenoxy) is 1. The number of rotatable bonds is 5. The van der Waals surface area contributed by atoms with Crippen LogP contribution in [0.5, 0.6) is 5.75 Å². The van der Waals surface area contributed by atoms with Crippen LogP contribution >= 0.6 is 0 Å². The molecule has 1 saturated carbocycles. The molecule has 116 valence electrons. The highest BCUT2D eigenvalue weighted by Gasteiger charge is 2.26. The first-order valence-corrected chi connectivity index (χ1v) is 7.83. The number of para-hydroxylation sites is 1. The average Bonchev–Trinajstić information content (AvgIpc) is 3.28. The SMILES string of the molecule is Cc1cc(CCNC(=O)Oc2ccccc2)c(C)n1C1CC1. The van der Waals surface area contributed by atoms with E-state index >= 15 is 0 Å². The minimum absolute atomic E-state index is 0.401. The number of hydrogen-bond acceptors (Lipinski definition) is 2. The van der Waals surface area contributed by atoms with E-state index in [9.17, 15) is 4.79 Å². The number of nitrogens with zero attached hydrogens (tertiary/aromatic N) is 1. The summed E-state index contributed by atoms with van der Waals surface area (Å²) in [5.74, 6) is 0.562. The summed E-state index contributed by atoms with van der Waals surface area (Å²) >= 11 is 0. The molecule has 2 aromatic rings. The van der Waals surface area contributed by atoms with Gasteiger partial charge >= 0.3 is 6.09 Å². The molecule has 0 aliphatic heterocycles. The Bertz CT molecular complexity index is 657. The van der Waals surface area contributed by atoms with Crippen molar-refractivity contribution in [2.45, 2.75) is 39.2 Å². The smallest absolute Gasteiger partial charge is 0.410 e. The molecule has 0 spiro atoms. The van der Waals surface area contributed by atoms with Gasteiger partial charge in [-0.3, -0.25) is 0 Å². The Balaban J connectivity index is 1.51. The number of carbonyl (C=O) groups excluding carboxylic acids is 1. The predicted octanol–water partition coefficient (Wildman–Crippen LogP) is 3.77. The maximum absolute atomic E-state index is 11.7.